The fourth-order valence-corrected chi connectivity index (χ4v) is 3.01. The number of anilines is 1. The van der Waals surface area contributed by atoms with E-state index in [0.717, 1.165) is 28.8 Å². The number of benzene rings is 1. The minimum absolute atomic E-state index is 0.0165. The number of carbonyl (C=O) groups excluding carboxylic acids is 2. The van der Waals surface area contributed by atoms with E-state index in [0.29, 0.717) is 19.4 Å². The first-order valence-electron chi connectivity index (χ1n) is 8.19. The van der Waals surface area contributed by atoms with Crippen molar-refractivity contribution >= 4 is 17.5 Å². The summed E-state index contributed by atoms with van der Waals surface area (Å²) in [4.78, 5) is 29.6. The summed E-state index contributed by atoms with van der Waals surface area (Å²) in [5, 5.41) is 2.86. The zero-order valence-corrected chi connectivity index (χ0v) is 14.0. The van der Waals surface area contributed by atoms with Gasteiger partial charge in [-0.1, -0.05) is 25.1 Å². The monoisotopic (exact) mass is 323 g/mol. The van der Waals surface area contributed by atoms with Crippen molar-refractivity contribution in [3.63, 3.8) is 0 Å². The average molecular weight is 323 g/mol. The van der Waals surface area contributed by atoms with E-state index >= 15 is 0 Å². The van der Waals surface area contributed by atoms with Crippen molar-refractivity contribution in [1.82, 2.24) is 10.3 Å². The highest BCUT2D eigenvalue weighted by Crippen LogP contribution is 2.36. The minimum Gasteiger partial charge on any atom is -0.352 e. The molecular weight excluding hydrogens is 302 g/mol. The molecule has 2 amide bonds. The van der Waals surface area contributed by atoms with Crippen LogP contribution in [0.4, 0.5) is 5.69 Å². The molecule has 0 atom stereocenters. The molecule has 0 radical (unpaired) electrons. The topological polar surface area (TPSA) is 62.3 Å². The van der Waals surface area contributed by atoms with E-state index < -0.39 is 0 Å². The smallest absolute Gasteiger partial charge is 0.227 e. The van der Waals surface area contributed by atoms with Gasteiger partial charge in [0, 0.05) is 50.0 Å². The maximum atomic E-state index is 12.1. The maximum absolute atomic E-state index is 12.1. The van der Waals surface area contributed by atoms with Crippen molar-refractivity contribution in [2.24, 2.45) is 0 Å². The molecule has 1 aliphatic rings. The molecule has 5 nitrogen and oxygen atoms in total. The molecule has 24 heavy (non-hydrogen) atoms. The van der Waals surface area contributed by atoms with Gasteiger partial charge < -0.3 is 10.2 Å². The molecule has 1 aliphatic heterocycles. The van der Waals surface area contributed by atoms with Crippen LogP contribution >= 0.6 is 0 Å². The van der Waals surface area contributed by atoms with Crippen molar-refractivity contribution in [1.29, 1.82) is 0 Å². The number of aryl methyl sites for hydroxylation is 1. The third-order valence-electron chi connectivity index (χ3n) is 4.35. The van der Waals surface area contributed by atoms with Gasteiger partial charge >= 0.3 is 0 Å². The number of aromatic nitrogens is 1. The molecule has 2 aromatic rings. The van der Waals surface area contributed by atoms with Crippen molar-refractivity contribution in [3.8, 4) is 11.1 Å². The SMILES string of the molecule is CCC(=O)NCc1cncc(-c2cccc3c2N(C)C(=O)CC3)c1. The lowest BCUT2D eigenvalue weighted by atomic mass is 9.94. The molecule has 0 unspecified atom stereocenters. The molecule has 3 rings (SSSR count). The average Bonchev–Trinajstić information content (AvgIpc) is 2.62. The Bertz CT molecular complexity index is 786. The van der Waals surface area contributed by atoms with Crippen LogP contribution in [0.15, 0.2) is 36.7 Å². The van der Waals surface area contributed by atoms with Gasteiger partial charge in [-0.05, 0) is 23.6 Å². The molecule has 1 N–H and O–H groups in total. The summed E-state index contributed by atoms with van der Waals surface area (Å²) in [6.07, 6.45) is 5.34. The molecule has 0 spiro atoms. The summed E-state index contributed by atoms with van der Waals surface area (Å²) in [5.74, 6) is 0.150. The number of nitrogens with zero attached hydrogens (tertiary/aromatic N) is 2. The Hall–Kier alpha value is -2.69. The highest BCUT2D eigenvalue weighted by Gasteiger charge is 2.24. The number of carbonyl (C=O) groups is 2. The largest absolute Gasteiger partial charge is 0.352 e. The first-order chi connectivity index (χ1) is 11.6. The first kappa shape index (κ1) is 16.2. The molecule has 0 saturated heterocycles. The zero-order chi connectivity index (χ0) is 17.1. The highest BCUT2D eigenvalue weighted by molar-refractivity contribution is 6.00. The second-order valence-corrected chi connectivity index (χ2v) is 5.98. The summed E-state index contributed by atoms with van der Waals surface area (Å²) in [6, 6.07) is 8.12. The Morgan fingerprint density at radius 1 is 1.29 bits per heavy atom. The predicted molar refractivity (Wildman–Crippen MR) is 93.5 cm³/mol. The van der Waals surface area contributed by atoms with E-state index in [1.807, 2.05) is 32.2 Å². The molecule has 1 aromatic heterocycles. The molecule has 0 bridgehead atoms. The molecule has 5 heteroatoms. The van der Waals surface area contributed by atoms with Gasteiger partial charge in [-0.25, -0.2) is 0 Å². The standard InChI is InChI=1S/C19H21N3O2/c1-3-17(23)21-11-13-9-15(12-20-10-13)16-6-4-5-14-7-8-18(24)22(2)19(14)16/h4-6,9-10,12H,3,7-8,11H2,1-2H3,(H,21,23). The summed E-state index contributed by atoms with van der Waals surface area (Å²) in [6.45, 7) is 2.28. The lowest BCUT2D eigenvalue weighted by Crippen LogP contribution is -2.31. The molecule has 0 saturated carbocycles. The van der Waals surface area contributed by atoms with Gasteiger partial charge in [0.1, 0.15) is 0 Å². The maximum Gasteiger partial charge on any atom is 0.227 e. The first-order valence-corrected chi connectivity index (χ1v) is 8.19. The molecule has 0 aliphatic carbocycles. The van der Waals surface area contributed by atoms with Gasteiger partial charge in [-0.2, -0.15) is 0 Å². The van der Waals surface area contributed by atoms with Gasteiger partial charge in [-0.15, -0.1) is 0 Å². The van der Waals surface area contributed by atoms with Crippen LogP contribution in [0.5, 0.6) is 0 Å². The third-order valence-corrected chi connectivity index (χ3v) is 4.35. The van der Waals surface area contributed by atoms with E-state index in [2.05, 4.69) is 16.4 Å². The van der Waals surface area contributed by atoms with Crippen LogP contribution in [0.2, 0.25) is 0 Å². The Balaban J connectivity index is 1.95. The predicted octanol–water partition coefficient (Wildman–Crippen LogP) is 2.68. The number of para-hydroxylation sites is 1. The lowest BCUT2D eigenvalue weighted by Gasteiger charge is -2.28. The normalized spacial score (nSPS) is 13.6. The van der Waals surface area contributed by atoms with Gasteiger partial charge in [0.05, 0.1) is 5.69 Å². The van der Waals surface area contributed by atoms with Crippen LogP contribution in [-0.4, -0.2) is 23.8 Å². The molecular formula is C19H21N3O2. The fraction of sp³-hybridized carbons (Fsp3) is 0.316. The van der Waals surface area contributed by atoms with Gasteiger partial charge in [0.2, 0.25) is 11.8 Å². The summed E-state index contributed by atoms with van der Waals surface area (Å²) in [7, 11) is 1.82. The molecule has 1 aromatic carbocycles. The Kier molecular flexibility index (Phi) is 4.60. The summed E-state index contributed by atoms with van der Waals surface area (Å²) >= 11 is 0. The Morgan fingerprint density at radius 3 is 2.92 bits per heavy atom. The van der Waals surface area contributed by atoms with Crippen molar-refractivity contribution in [2.45, 2.75) is 32.7 Å². The highest BCUT2D eigenvalue weighted by atomic mass is 16.2. The summed E-state index contributed by atoms with van der Waals surface area (Å²) in [5.41, 5.74) is 5.04. The molecule has 2 heterocycles. The zero-order valence-electron chi connectivity index (χ0n) is 14.0. The number of nitrogens with one attached hydrogen (secondary N) is 1. The number of amides is 2. The van der Waals surface area contributed by atoms with Crippen molar-refractivity contribution < 1.29 is 9.59 Å². The molecule has 124 valence electrons. The van der Waals surface area contributed by atoms with E-state index in [1.54, 1.807) is 17.3 Å². The summed E-state index contributed by atoms with van der Waals surface area (Å²) < 4.78 is 0. The molecule has 0 fully saturated rings. The van der Waals surface area contributed by atoms with Crippen LogP contribution in [0.3, 0.4) is 0 Å². The van der Waals surface area contributed by atoms with Crippen molar-refractivity contribution in [2.75, 3.05) is 11.9 Å². The number of hydrogen-bond donors (Lipinski definition) is 1. The Morgan fingerprint density at radius 2 is 2.12 bits per heavy atom. The second-order valence-electron chi connectivity index (χ2n) is 5.98. The van der Waals surface area contributed by atoms with Crippen LogP contribution in [0.25, 0.3) is 11.1 Å². The van der Waals surface area contributed by atoms with Crippen molar-refractivity contribution in [3.05, 3.63) is 47.8 Å². The van der Waals surface area contributed by atoms with E-state index in [1.165, 1.54) is 5.56 Å². The van der Waals surface area contributed by atoms with E-state index in [9.17, 15) is 9.59 Å². The number of rotatable bonds is 4. The minimum atomic E-state index is 0.0165. The van der Waals surface area contributed by atoms with Gasteiger partial charge in [0.15, 0.2) is 0 Å². The third kappa shape index (κ3) is 3.15. The number of fused-ring (bicyclic) bond motifs is 1. The number of hydrogen-bond acceptors (Lipinski definition) is 3. The number of pyridine rings is 1. The quantitative estimate of drug-likeness (QED) is 0.941. The van der Waals surface area contributed by atoms with Gasteiger partial charge in [0.25, 0.3) is 0 Å². The van der Waals surface area contributed by atoms with E-state index in [-0.39, 0.29) is 11.8 Å². The van der Waals surface area contributed by atoms with E-state index in [4.69, 9.17) is 0 Å². The lowest BCUT2D eigenvalue weighted by molar-refractivity contribution is -0.121. The van der Waals surface area contributed by atoms with Crippen LogP contribution < -0.4 is 10.2 Å². The van der Waals surface area contributed by atoms with Crippen LogP contribution in [-0.2, 0) is 22.6 Å². The fourth-order valence-electron chi connectivity index (χ4n) is 3.01. The Labute approximate surface area is 141 Å². The van der Waals surface area contributed by atoms with Crippen LogP contribution in [0, 0.1) is 0 Å². The van der Waals surface area contributed by atoms with Gasteiger partial charge in [-0.3, -0.25) is 14.6 Å². The second kappa shape index (κ2) is 6.83. The van der Waals surface area contributed by atoms with Crippen LogP contribution in [0.1, 0.15) is 30.9 Å².